The van der Waals surface area contributed by atoms with Crippen LogP contribution in [0.2, 0.25) is 15.1 Å². The Balaban J connectivity index is 1.97. The Hall–Kier alpha value is -0.490. The van der Waals surface area contributed by atoms with Crippen molar-refractivity contribution in [2.45, 2.75) is 4.90 Å². The number of benzene rings is 2. The lowest BCUT2D eigenvalue weighted by Gasteiger charge is -2.07. The van der Waals surface area contributed by atoms with Crippen LogP contribution in [0.1, 0.15) is 5.56 Å². The van der Waals surface area contributed by atoms with Gasteiger partial charge in [-0.15, -0.1) is 0 Å². The normalized spacial score (nSPS) is 11.0. The molecule has 2 rings (SSSR count). The van der Waals surface area contributed by atoms with Gasteiger partial charge in [-0.05, 0) is 71.3 Å². The molecule has 0 aliphatic carbocycles. The first-order chi connectivity index (χ1) is 10.1. The van der Waals surface area contributed by atoms with Crippen LogP contribution < -0.4 is 9.86 Å². The minimum Gasteiger partial charge on any atom is -0.325 e. The van der Waals surface area contributed by atoms with Gasteiger partial charge in [0.2, 0.25) is 0 Å². The van der Waals surface area contributed by atoms with Crippen molar-refractivity contribution in [2.24, 2.45) is 5.14 Å². The topological polar surface area (TPSA) is 38.0 Å². The van der Waals surface area contributed by atoms with Gasteiger partial charge in [0.1, 0.15) is 0 Å². The number of halogens is 3. The SMILES string of the molecule is NSc1cc(Cl)ccc1NS/C=C/c1ccc(Cl)c(Cl)c1. The number of rotatable bonds is 5. The van der Waals surface area contributed by atoms with Crippen LogP contribution >= 0.6 is 58.7 Å². The van der Waals surface area contributed by atoms with Gasteiger partial charge in [-0.3, -0.25) is 5.14 Å². The zero-order valence-corrected chi connectivity index (χ0v) is 14.5. The minimum atomic E-state index is 0.538. The molecule has 21 heavy (non-hydrogen) atoms. The van der Waals surface area contributed by atoms with Crippen molar-refractivity contribution < 1.29 is 0 Å². The lowest BCUT2D eigenvalue weighted by atomic mass is 10.2. The van der Waals surface area contributed by atoms with E-state index in [9.17, 15) is 0 Å². The minimum absolute atomic E-state index is 0.538. The monoisotopic (exact) mass is 376 g/mol. The van der Waals surface area contributed by atoms with Crippen LogP contribution in [0.15, 0.2) is 46.7 Å². The molecule has 0 spiro atoms. The molecule has 0 aliphatic rings. The number of anilines is 1. The molecule has 2 aromatic rings. The predicted molar refractivity (Wildman–Crippen MR) is 98.2 cm³/mol. The molecular weight excluding hydrogens is 367 g/mol. The molecule has 0 aliphatic heterocycles. The third-order valence-corrected chi connectivity index (χ3v) is 4.69. The molecule has 2 nitrogen and oxygen atoms in total. The second kappa shape index (κ2) is 8.22. The summed E-state index contributed by atoms with van der Waals surface area (Å²) in [6.45, 7) is 0. The first-order valence-corrected chi connectivity index (χ1v) is 8.69. The van der Waals surface area contributed by atoms with E-state index in [0.717, 1.165) is 28.1 Å². The number of nitrogens with one attached hydrogen (secondary N) is 1. The first-order valence-electron chi connectivity index (χ1n) is 5.79. The third kappa shape index (κ3) is 5.02. The summed E-state index contributed by atoms with van der Waals surface area (Å²) in [5, 5.41) is 9.27. The van der Waals surface area contributed by atoms with Crippen LogP contribution in [0.3, 0.4) is 0 Å². The Morgan fingerprint density at radius 3 is 2.52 bits per heavy atom. The Morgan fingerprint density at radius 2 is 1.81 bits per heavy atom. The summed E-state index contributed by atoms with van der Waals surface area (Å²) in [7, 11) is 0. The van der Waals surface area contributed by atoms with E-state index in [1.807, 2.05) is 41.8 Å². The van der Waals surface area contributed by atoms with Crippen molar-refractivity contribution in [2.75, 3.05) is 4.72 Å². The number of nitrogens with two attached hydrogens (primary N) is 1. The molecule has 0 aromatic heterocycles. The highest BCUT2D eigenvalue weighted by molar-refractivity contribution is 8.03. The lowest BCUT2D eigenvalue weighted by molar-refractivity contribution is 1.46. The molecule has 3 N–H and O–H groups in total. The summed E-state index contributed by atoms with van der Waals surface area (Å²) >= 11 is 20.3. The van der Waals surface area contributed by atoms with Crippen LogP contribution in [-0.4, -0.2) is 0 Å². The highest BCUT2D eigenvalue weighted by atomic mass is 35.5. The molecule has 0 radical (unpaired) electrons. The van der Waals surface area contributed by atoms with Crippen LogP contribution in [0.5, 0.6) is 0 Å². The maximum atomic E-state index is 5.96. The maximum Gasteiger partial charge on any atom is 0.0598 e. The quantitative estimate of drug-likeness (QED) is 0.596. The van der Waals surface area contributed by atoms with E-state index in [2.05, 4.69) is 4.72 Å². The number of hydrogen-bond acceptors (Lipinski definition) is 4. The summed E-state index contributed by atoms with van der Waals surface area (Å²) in [5.74, 6) is 0. The number of hydrogen-bond donors (Lipinski definition) is 2. The van der Waals surface area contributed by atoms with Crippen molar-refractivity contribution in [1.82, 2.24) is 0 Å². The molecule has 0 saturated carbocycles. The van der Waals surface area contributed by atoms with Gasteiger partial charge in [0, 0.05) is 9.92 Å². The molecule has 0 atom stereocenters. The van der Waals surface area contributed by atoms with Crippen LogP contribution in [0.4, 0.5) is 5.69 Å². The molecule has 0 fully saturated rings. The molecule has 0 bridgehead atoms. The van der Waals surface area contributed by atoms with Gasteiger partial charge in [-0.2, -0.15) is 0 Å². The highest BCUT2D eigenvalue weighted by Gasteiger charge is 2.02. The highest BCUT2D eigenvalue weighted by Crippen LogP contribution is 2.29. The largest absolute Gasteiger partial charge is 0.325 e. The van der Waals surface area contributed by atoms with E-state index >= 15 is 0 Å². The van der Waals surface area contributed by atoms with Crippen molar-refractivity contribution in [3.05, 3.63) is 62.4 Å². The Kier molecular flexibility index (Phi) is 6.61. The summed E-state index contributed by atoms with van der Waals surface area (Å²) in [6, 6.07) is 11.0. The van der Waals surface area contributed by atoms with Gasteiger partial charge < -0.3 is 4.72 Å². The second-order valence-electron chi connectivity index (χ2n) is 3.95. The standard InChI is InChI=1S/C14H11Cl3N2S2/c15-10-2-4-13(14(8-10)21-18)19-20-6-5-9-1-3-11(16)12(17)7-9/h1-8,19H,18H2/b6-5+. The molecule has 2 aromatic carbocycles. The van der Waals surface area contributed by atoms with Crippen molar-refractivity contribution in [3.8, 4) is 0 Å². The van der Waals surface area contributed by atoms with Crippen molar-refractivity contribution in [3.63, 3.8) is 0 Å². The Morgan fingerprint density at radius 1 is 1.00 bits per heavy atom. The average Bonchev–Trinajstić information content (AvgIpc) is 2.48. The molecule has 0 unspecified atom stereocenters. The van der Waals surface area contributed by atoms with E-state index < -0.39 is 0 Å². The van der Waals surface area contributed by atoms with Crippen molar-refractivity contribution in [1.29, 1.82) is 0 Å². The third-order valence-electron chi connectivity index (χ3n) is 2.51. The summed E-state index contributed by atoms with van der Waals surface area (Å²) in [4.78, 5) is 0.887. The van der Waals surface area contributed by atoms with Gasteiger partial charge in [0.25, 0.3) is 0 Å². The maximum absolute atomic E-state index is 5.96. The fourth-order valence-corrected chi connectivity index (χ4v) is 3.15. The average molecular weight is 378 g/mol. The Bertz CT molecular complexity index is 663. The van der Waals surface area contributed by atoms with Crippen LogP contribution in [0, 0.1) is 0 Å². The molecule has 0 saturated heterocycles. The molecule has 110 valence electrons. The van der Waals surface area contributed by atoms with E-state index in [1.54, 1.807) is 6.07 Å². The molecular formula is C14H11Cl3N2S2. The lowest BCUT2D eigenvalue weighted by Crippen LogP contribution is -1.89. The van der Waals surface area contributed by atoms with Crippen LogP contribution in [0.25, 0.3) is 6.08 Å². The first kappa shape index (κ1) is 16.9. The summed E-state index contributed by atoms with van der Waals surface area (Å²) in [6.07, 6.45) is 1.94. The predicted octanol–water partition coefficient (Wildman–Crippen LogP) is 6.34. The van der Waals surface area contributed by atoms with Gasteiger partial charge in [-0.25, -0.2) is 0 Å². The van der Waals surface area contributed by atoms with Crippen LogP contribution in [-0.2, 0) is 0 Å². The molecule has 7 heteroatoms. The fourth-order valence-electron chi connectivity index (χ4n) is 1.50. The molecule has 0 amide bonds. The molecule has 0 heterocycles. The zero-order valence-electron chi connectivity index (χ0n) is 10.6. The van der Waals surface area contributed by atoms with E-state index in [4.69, 9.17) is 39.9 Å². The second-order valence-corrected chi connectivity index (χ2v) is 6.59. The van der Waals surface area contributed by atoms with Gasteiger partial charge in [0.15, 0.2) is 0 Å². The Labute approximate surface area is 147 Å². The zero-order chi connectivity index (χ0) is 15.2. The van der Waals surface area contributed by atoms with Gasteiger partial charge in [0.05, 0.1) is 15.7 Å². The summed E-state index contributed by atoms with van der Waals surface area (Å²) in [5.41, 5.74) is 1.89. The fraction of sp³-hybridized carbons (Fsp3) is 0. The van der Waals surface area contributed by atoms with E-state index in [-0.39, 0.29) is 0 Å². The van der Waals surface area contributed by atoms with Gasteiger partial charge in [-0.1, -0.05) is 40.9 Å². The van der Waals surface area contributed by atoms with E-state index in [1.165, 1.54) is 11.9 Å². The van der Waals surface area contributed by atoms with Gasteiger partial charge >= 0.3 is 0 Å². The smallest absolute Gasteiger partial charge is 0.0598 e. The van der Waals surface area contributed by atoms with E-state index in [0.29, 0.717) is 15.1 Å². The summed E-state index contributed by atoms with van der Waals surface area (Å²) < 4.78 is 3.20. The van der Waals surface area contributed by atoms with Crippen molar-refractivity contribution >= 4 is 70.5 Å².